The monoisotopic (exact) mass is 297 g/mol. The van der Waals surface area contributed by atoms with E-state index in [4.69, 9.17) is 0 Å². The van der Waals surface area contributed by atoms with Gasteiger partial charge < -0.3 is 5.32 Å². The summed E-state index contributed by atoms with van der Waals surface area (Å²) in [6, 6.07) is 8.15. The van der Waals surface area contributed by atoms with Crippen LogP contribution in [0.25, 0.3) is 11.1 Å². The first-order valence-corrected chi connectivity index (χ1v) is 7.71. The third-order valence-corrected chi connectivity index (χ3v) is 3.63. The van der Waals surface area contributed by atoms with Gasteiger partial charge in [0, 0.05) is 24.4 Å². The van der Waals surface area contributed by atoms with Gasteiger partial charge >= 0.3 is 0 Å². The van der Waals surface area contributed by atoms with Crippen molar-refractivity contribution in [1.29, 1.82) is 0 Å². The minimum atomic E-state index is 0.0146. The number of hydrogen-bond acceptors (Lipinski definition) is 3. The van der Waals surface area contributed by atoms with Crippen molar-refractivity contribution in [2.45, 2.75) is 39.7 Å². The maximum absolute atomic E-state index is 11.9. The Kier molecular flexibility index (Phi) is 5.64. The Labute approximate surface area is 132 Å². The fraction of sp³-hybridized carbons (Fsp3) is 0.389. The van der Waals surface area contributed by atoms with Gasteiger partial charge in [-0.2, -0.15) is 0 Å². The average Bonchev–Trinajstić information content (AvgIpc) is 2.54. The highest BCUT2D eigenvalue weighted by Gasteiger charge is 2.10. The molecule has 1 atom stereocenters. The highest BCUT2D eigenvalue weighted by Crippen LogP contribution is 2.20. The van der Waals surface area contributed by atoms with Crippen LogP contribution in [0.5, 0.6) is 0 Å². The molecule has 1 amide bonds. The van der Waals surface area contributed by atoms with E-state index in [-0.39, 0.29) is 11.9 Å². The summed E-state index contributed by atoms with van der Waals surface area (Å²) in [5, 5.41) is 3.05. The summed E-state index contributed by atoms with van der Waals surface area (Å²) in [5.41, 5.74) is 3.16. The Morgan fingerprint density at radius 2 is 1.68 bits per heavy atom. The lowest BCUT2D eigenvalue weighted by Crippen LogP contribution is -2.26. The first kappa shape index (κ1) is 16.1. The number of hydrogen-bond donors (Lipinski definition) is 1. The number of carbonyl (C=O) groups is 1. The predicted octanol–water partition coefficient (Wildman–Crippen LogP) is 3.76. The second kappa shape index (κ2) is 7.69. The van der Waals surface area contributed by atoms with Gasteiger partial charge in [0.25, 0.3) is 0 Å². The third-order valence-electron chi connectivity index (χ3n) is 3.63. The maximum Gasteiger partial charge on any atom is 0.220 e. The van der Waals surface area contributed by atoms with Crippen LogP contribution in [0, 0.1) is 5.92 Å². The molecule has 4 heteroatoms. The van der Waals surface area contributed by atoms with E-state index < -0.39 is 0 Å². The van der Waals surface area contributed by atoms with E-state index in [2.05, 4.69) is 29.1 Å². The van der Waals surface area contributed by atoms with Crippen molar-refractivity contribution < 1.29 is 4.79 Å². The van der Waals surface area contributed by atoms with Gasteiger partial charge in [0.05, 0.1) is 6.04 Å². The van der Waals surface area contributed by atoms with Gasteiger partial charge in [-0.25, -0.2) is 9.97 Å². The number of amides is 1. The van der Waals surface area contributed by atoms with E-state index in [9.17, 15) is 4.79 Å². The zero-order chi connectivity index (χ0) is 15.9. The van der Waals surface area contributed by atoms with Crippen molar-refractivity contribution in [3.05, 3.63) is 48.5 Å². The zero-order valence-electron chi connectivity index (χ0n) is 13.4. The molecule has 1 N–H and O–H groups in total. The first-order chi connectivity index (χ1) is 10.6. The van der Waals surface area contributed by atoms with Gasteiger partial charge in [0.2, 0.25) is 5.91 Å². The second-order valence-corrected chi connectivity index (χ2v) is 5.97. The Bertz CT molecular complexity index is 593. The van der Waals surface area contributed by atoms with E-state index in [1.165, 1.54) is 6.33 Å². The SMILES string of the molecule is CC(C)CCC(=O)NC(C)c1ccc(-c2cncnc2)cc1. The number of carbonyl (C=O) groups excluding carboxylic acids is 1. The van der Waals surface area contributed by atoms with Gasteiger partial charge in [-0.15, -0.1) is 0 Å². The fourth-order valence-corrected chi connectivity index (χ4v) is 2.23. The number of benzene rings is 1. The molecule has 0 bridgehead atoms. The molecular weight excluding hydrogens is 274 g/mol. The molecule has 1 heterocycles. The molecule has 1 unspecified atom stereocenters. The van der Waals surface area contributed by atoms with Crippen LogP contribution >= 0.6 is 0 Å². The summed E-state index contributed by atoms with van der Waals surface area (Å²) in [6.07, 6.45) is 6.61. The summed E-state index contributed by atoms with van der Waals surface area (Å²) in [6.45, 7) is 6.26. The fourth-order valence-electron chi connectivity index (χ4n) is 2.23. The number of rotatable bonds is 6. The van der Waals surface area contributed by atoms with Crippen molar-refractivity contribution in [3.63, 3.8) is 0 Å². The van der Waals surface area contributed by atoms with E-state index in [0.29, 0.717) is 12.3 Å². The third kappa shape index (κ3) is 4.65. The van der Waals surface area contributed by atoms with Crippen LogP contribution in [0.15, 0.2) is 43.0 Å². The molecule has 4 nitrogen and oxygen atoms in total. The average molecular weight is 297 g/mol. The standard InChI is InChI=1S/C18H23N3O/c1-13(2)4-9-18(22)21-14(3)15-5-7-16(8-6-15)17-10-19-12-20-11-17/h5-8,10-14H,4,9H2,1-3H3,(H,21,22). The molecule has 0 aliphatic rings. The highest BCUT2D eigenvalue weighted by atomic mass is 16.1. The number of nitrogens with zero attached hydrogens (tertiary/aromatic N) is 2. The van der Waals surface area contributed by atoms with Gasteiger partial charge in [-0.3, -0.25) is 4.79 Å². The van der Waals surface area contributed by atoms with Gasteiger partial charge in [0.15, 0.2) is 0 Å². The molecule has 0 aliphatic heterocycles. The first-order valence-electron chi connectivity index (χ1n) is 7.71. The normalized spacial score (nSPS) is 12.2. The van der Waals surface area contributed by atoms with Crippen molar-refractivity contribution in [1.82, 2.24) is 15.3 Å². The quantitative estimate of drug-likeness (QED) is 0.883. The van der Waals surface area contributed by atoms with Gasteiger partial charge in [-0.1, -0.05) is 38.1 Å². The lowest BCUT2D eigenvalue weighted by atomic mass is 10.0. The Hall–Kier alpha value is -2.23. The van der Waals surface area contributed by atoms with Crippen molar-refractivity contribution in [2.24, 2.45) is 5.92 Å². The van der Waals surface area contributed by atoms with Crippen molar-refractivity contribution in [2.75, 3.05) is 0 Å². The molecule has 0 aliphatic carbocycles. The molecule has 1 aromatic carbocycles. The maximum atomic E-state index is 11.9. The Balaban J connectivity index is 1.96. The van der Waals surface area contributed by atoms with E-state index in [0.717, 1.165) is 23.1 Å². The lowest BCUT2D eigenvalue weighted by Gasteiger charge is -2.15. The molecule has 2 rings (SSSR count). The summed E-state index contributed by atoms with van der Waals surface area (Å²) < 4.78 is 0. The summed E-state index contributed by atoms with van der Waals surface area (Å²) in [4.78, 5) is 19.9. The van der Waals surface area contributed by atoms with Crippen LogP contribution in [0.4, 0.5) is 0 Å². The van der Waals surface area contributed by atoms with Gasteiger partial charge in [0.1, 0.15) is 6.33 Å². The second-order valence-electron chi connectivity index (χ2n) is 5.97. The predicted molar refractivity (Wildman–Crippen MR) is 88.1 cm³/mol. The molecule has 2 aromatic rings. The minimum Gasteiger partial charge on any atom is -0.350 e. The lowest BCUT2D eigenvalue weighted by molar-refractivity contribution is -0.122. The van der Waals surface area contributed by atoms with E-state index in [1.54, 1.807) is 12.4 Å². The van der Waals surface area contributed by atoms with Gasteiger partial charge in [-0.05, 0) is 30.4 Å². The Morgan fingerprint density at radius 1 is 1.05 bits per heavy atom. The molecular formula is C18H23N3O. The minimum absolute atomic E-state index is 0.0146. The van der Waals surface area contributed by atoms with Crippen LogP contribution in [-0.2, 0) is 4.79 Å². The number of aromatic nitrogens is 2. The van der Waals surface area contributed by atoms with E-state index >= 15 is 0 Å². The van der Waals surface area contributed by atoms with Crippen LogP contribution in [0.2, 0.25) is 0 Å². The summed E-state index contributed by atoms with van der Waals surface area (Å²) >= 11 is 0. The topological polar surface area (TPSA) is 54.9 Å². The van der Waals surface area contributed by atoms with Crippen LogP contribution in [0.1, 0.15) is 45.2 Å². The van der Waals surface area contributed by atoms with Crippen molar-refractivity contribution >= 4 is 5.91 Å². The molecule has 116 valence electrons. The molecule has 0 fully saturated rings. The summed E-state index contributed by atoms with van der Waals surface area (Å²) in [5.74, 6) is 0.662. The molecule has 1 aromatic heterocycles. The van der Waals surface area contributed by atoms with Crippen LogP contribution in [-0.4, -0.2) is 15.9 Å². The summed E-state index contributed by atoms with van der Waals surface area (Å²) in [7, 11) is 0. The molecule has 22 heavy (non-hydrogen) atoms. The molecule has 0 saturated heterocycles. The number of nitrogens with one attached hydrogen (secondary N) is 1. The smallest absolute Gasteiger partial charge is 0.220 e. The molecule has 0 spiro atoms. The Morgan fingerprint density at radius 3 is 2.27 bits per heavy atom. The highest BCUT2D eigenvalue weighted by molar-refractivity contribution is 5.76. The largest absolute Gasteiger partial charge is 0.350 e. The van der Waals surface area contributed by atoms with Crippen LogP contribution in [0.3, 0.4) is 0 Å². The molecule has 0 saturated carbocycles. The van der Waals surface area contributed by atoms with E-state index in [1.807, 2.05) is 31.2 Å². The van der Waals surface area contributed by atoms with Crippen LogP contribution < -0.4 is 5.32 Å². The zero-order valence-corrected chi connectivity index (χ0v) is 13.4. The van der Waals surface area contributed by atoms with Crippen molar-refractivity contribution in [3.8, 4) is 11.1 Å². The molecule has 0 radical (unpaired) electrons.